The number of ether oxygens (including phenoxy) is 1. The van der Waals surface area contributed by atoms with Crippen molar-refractivity contribution in [1.29, 1.82) is 5.26 Å². The van der Waals surface area contributed by atoms with Gasteiger partial charge in [0.1, 0.15) is 0 Å². The summed E-state index contributed by atoms with van der Waals surface area (Å²) in [5.74, 6) is 0.0208. The molecule has 54 valence electrons. The van der Waals surface area contributed by atoms with Crippen molar-refractivity contribution in [1.82, 2.24) is 0 Å². The second kappa shape index (κ2) is 3.45. The van der Waals surface area contributed by atoms with Crippen LogP contribution in [-0.2, 0) is 4.74 Å². The van der Waals surface area contributed by atoms with E-state index in [2.05, 4.69) is 4.74 Å². The van der Waals surface area contributed by atoms with Gasteiger partial charge in [-0.05, 0) is 0 Å². The molecule has 0 radical (unpaired) electrons. The maximum absolute atomic E-state index is 9.98. The molecule has 0 bridgehead atoms. The van der Waals surface area contributed by atoms with Crippen LogP contribution < -0.4 is 0 Å². The summed E-state index contributed by atoms with van der Waals surface area (Å²) in [6.45, 7) is 1.36. The summed E-state index contributed by atoms with van der Waals surface area (Å²) < 4.78 is 4.48. The summed E-state index contributed by atoms with van der Waals surface area (Å²) in [7, 11) is 1.27. The van der Waals surface area contributed by atoms with Crippen LogP contribution in [0, 0.1) is 21.4 Å². The Kier molecular flexibility index (Phi) is 2.91. The molecule has 0 atom stereocenters. The van der Waals surface area contributed by atoms with Gasteiger partial charge in [-0.1, -0.05) is 0 Å². The van der Waals surface area contributed by atoms with Crippen molar-refractivity contribution in [2.24, 2.45) is 0 Å². The highest BCUT2D eigenvalue weighted by atomic mass is 16.6. The summed E-state index contributed by atoms with van der Waals surface area (Å²) in [6, 6.07) is 1.41. The smallest absolute Gasteiger partial charge is 0.382 e. The van der Waals surface area contributed by atoms with Crippen molar-refractivity contribution in [3.8, 4) is 6.07 Å². The van der Waals surface area contributed by atoms with Crippen LogP contribution in [0.4, 0.5) is 0 Å². The predicted molar refractivity (Wildman–Crippen MR) is 32.3 cm³/mol. The number of hydrogen-bond donors (Lipinski definition) is 0. The predicted octanol–water partition coefficient (Wildman–Crippen LogP) is 0.665. The van der Waals surface area contributed by atoms with Gasteiger partial charge in [0.2, 0.25) is 0 Å². The van der Waals surface area contributed by atoms with Gasteiger partial charge in [0.15, 0.2) is 11.8 Å². The van der Waals surface area contributed by atoms with Crippen molar-refractivity contribution in [2.75, 3.05) is 7.11 Å². The Morgan fingerprint density at radius 1 is 1.80 bits per heavy atom. The minimum Gasteiger partial charge on any atom is -0.494 e. The van der Waals surface area contributed by atoms with E-state index in [0.29, 0.717) is 0 Å². The molecule has 0 unspecified atom stereocenters. The molecule has 0 aromatic rings. The Morgan fingerprint density at radius 3 is 2.40 bits per heavy atom. The lowest BCUT2D eigenvalue weighted by atomic mass is 10.4. The number of nitriles is 1. The van der Waals surface area contributed by atoms with Gasteiger partial charge in [0.05, 0.1) is 12.0 Å². The number of hydrogen-bond acceptors (Lipinski definition) is 4. The van der Waals surface area contributed by atoms with E-state index in [1.54, 1.807) is 0 Å². The topological polar surface area (TPSA) is 76.2 Å². The van der Waals surface area contributed by atoms with Gasteiger partial charge < -0.3 is 4.74 Å². The van der Waals surface area contributed by atoms with Crippen LogP contribution >= 0.6 is 0 Å². The number of nitrogens with zero attached hydrogens (tertiary/aromatic N) is 2. The van der Waals surface area contributed by atoms with Gasteiger partial charge in [-0.3, -0.25) is 10.1 Å². The van der Waals surface area contributed by atoms with Crippen molar-refractivity contribution >= 4 is 0 Å². The Morgan fingerprint density at radius 2 is 2.30 bits per heavy atom. The largest absolute Gasteiger partial charge is 0.494 e. The second-order valence-corrected chi connectivity index (χ2v) is 1.48. The third kappa shape index (κ3) is 1.74. The summed E-state index contributed by atoms with van der Waals surface area (Å²) in [5.41, 5.74) is -0.553. The van der Waals surface area contributed by atoms with Crippen molar-refractivity contribution in [2.45, 2.75) is 6.92 Å². The Hall–Kier alpha value is -1.57. The first-order valence-corrected chi connectivity index (χ1v) is 2.42. The van der Waals surface area contributed by atoms with E-state index in [9.17, 15) is 10.1 Å². The average Bonchev–Trinajstić information content (AvgIpc) is 1.88. The van der Waals surface area contributed by atoms with Gasteiger partial charge >= 0.3 is 5.70 Å². The van der Waals surface area contributed by atoms with Gasteiger partial charge in [0.25, 0.3) is 0 Å². The van der Waals surface area contributed by atoms with Gasteiger partial charge in [-0.25, -0.2) is 0 Å². The number of methoxy groups -OCH3 is 1. The minimum absolute atomic E-state index is 0.0208. The molecule has 0 aromatic carbocycles. The quantitative estimate of drug-likeness (QED) is 0.245. The third-order valence-corrected chi connectivity index (χ3v) is 0.928. The highest BCUT2D eigenvalue weighted by Gasteiger charge is 2.13. The lowest BCUT2D eigenvalue weighted by molar-refractivity contribution is -0.420. The monoisotopic (exact) mass is 142 g/mol. The minimum atomic E-state index is -0.779. The maximum Gasteiger partial charge on any atom is 0.382 e. The molecule has 0 heterocycles. The molecule has 0 aliphatic rings. The number of rotatable bonds is 2. The van der Waals surface area contributed by atoms with E-state index in [-0.39, 0.29) is 5.76 Å². The molecule has 5 heteroatoms. The zero-order valence-electron chi connectivity index (χ0n) is 5.62. The van der Waals surface area contributed by atoms with Crippen LogP contribution in [0.5, 0.6) is 0 Å². The maximum atomic E-state index is 9.98. The molecule has 5 nitrogen and oxygen atoms in total. The lowest BCUT2D eigenvalue weighted by Crippen LogP contribution is -2.00. The highest BCUT2D eigenvalue weighted by Crippen LogP contribution is 2.02. The molecule has 0 N–H and O–H groups in total. The fourth-order valence-electron chi connectivity index (χ4n) is 0.345. The molecule has 0 saturated heterocycles. The number of allylic oxidation sites excluding steroid dienone is 2. The average molecular weight is 142 g/mol. The zero-order valence-corrected chi connectivity index (χ0v) is 5.62. The van der Waals surface area contributed by atoms with Crippen LogP contribution in [-0.4, -0.2) is 12.0 Å². The normalized spacial score (nSPS) is 11.3. The molecule has 0 rings (SSSR count). The van der Waals surface area contributed by atoms with Crippen LogP contribution in [0.2, 0.25) is 0 Å². The molecule has 10 heavy (non-hydrogen) atoms. The summed E-state index contributed by atoms with van der Waals surface area (Å²) in [4.78, 5) is 9.20. The Balaban J connectivity index is 4.68. The lowest BCUT2D eigenvalue weighted by Gasteiger charge is -1.94. The molecule has 0 amide bonds. The fraction of sp³-hybridized carbons (Fsp3) is 0.400. The first-order chi connectivity index (χ1) is 4.63. The van der Waals surface area contributed by atoms with Gasteiger partial charge in [-0.2, -0.15) is 5.26 Å². The van der Waals surface area contributed by atoms with Crippen LogP contribution in [0.3, 0.4) is 0 Å². The van der Waals surface area contributed by atoms with Crippen LogP contribution in [0.25, 0.3) is 0 Å². The molecule has 0 aliphatic carbocycles. The molecular formula is C5H6N2O3. The molecule has 0 aliphatic heterocycles. The van der Waals surface area contributed by atoms with E-state index in [1.807, 2.05) is 0 Å². The second-order valence-electron chi connectivity index (χ2n) is 1.48. The van der Waals surface area contributed by atoms with Crippen molar-refractivity contribution in [3.05, 3.63) is 21.6 Å². The number of nitro groups is 1. The van der Waals surface area contributed by atoms with E-state index < -0.39 is 10.6 Å². The molecule has 0 saturated carbocycles. The zero-order chi connectivity index (χ0) is 8.15. The van der Waals surface area contributed by atoms with Crippen LogP contribution in [0.1, 0.15) is 6.92 Å². The molecular weight excluding hydrogens is 136 g/mol. The van der Waals surface area contributed by atoms with E-state index in [4.69, 9.17) is 5.26 Å². The summed E-state index contributed by atoms with van der Waals surface area (Å²) in [6.07, 6.45) is 0. The Labute approximate surface area is 57.7 Å². The van der Waals surface area contributed by atoms with Crippen molar-refractivity contribution in [3.63, 3.8) is 0 Å². The summed E-state index contributed by atoms with van der Waals surface area (Å²) >= 11 is 0. The molecule has 0 spiro atoms. The van der Waals surface area contributed by atoms with Gasteiger partial charge in [-0.15, -0.1) is 0 Å². The van der Waals surface area contributed by atoms with E-state index in [1.165, 1.54) is 20.1 Å². The van der Waals surface area contributed by atoms with E-state index >= 15 is 0 Å². The van der Waals surface area contributed by atoms with E-state index in [0.717, 1.165) is 0 Å². The SMILES string of the molecule is CO/C(C)=C(\C#N)[N+](=O)[O-]. The van der Waals surface area contributed by atoms with Crippen molar-refractivity contribution < 1.29 is 9.66 Å². The first kappa shape index (κ1) is 8.43. The molecule has 0 aromatic heterocycles. The van der Waals surface area contributed by atoms with Gasteiger partial charge in [0, 0.05) is 6.92 Å². The third-order valence-electron chi connectivity index (χ3n) is 0.928. The highest BCUT2D eigenvalue weighted by molar-refractivity contribution is 5.14. The fourth-order valence-corrected chi connectivity index (χ4v) is 0.345. The standard InChI is InChI=1S/C5H6N2O3/c1-4(10-2)5(3-6)7(8)9/h1-2H3/b5-4+. The molecule has 0 fully saturated rings. The Bertz CT molecular complexity index is 213. The summed E-state index contributed by atoms with van der Waals surface area (Å²) in [5, 5.41) is 18.1. The van der Waals surface area contributed by atoms with Crippen LogP contribution in [0.15, 0.2) is 11.5 Å². The first-order valence-electron chi connectivity index (χ1n) is 2.42.